The number of hydrogen-bond acceptors (Lipinski definition) is 1. The molecule has 1 aromatic carbocycles. The molecule has 16 heavy (non-hydrogen) atoms. The number of aryl methyl sites for hydroxylation is 1. The number of rotatable bonds is 5. The normalized spacial score (nSPS) is 11.1. The Kier molecular flexibility index (Phi) is 3.86. The van der Waals surface area contributed by atoms with E-state index < -0.39 is 0 Å². The van der Waals surface area contributed by atoms with Gasteiger partial charge in [0.15, 0.2) is 0 Å². The summed E-state index contributed by atoms with van der Waals surface area (Å²) in [6.45, 7) is 4.24. The van der Waals surface area contributed by atoms with Crippen LogP contribution in [0.1, 0.15) is 18.9 Å². The van der Waals surface area contributed by atoms with Crippen LogP contribution in [0.15, 0.2) is 24.4 Å². The SMILES string of the molecule is CCNCCCc1c[nH]c2ccc(Cl)cc12. The second-order valence-electron chi connectivity index (χ2n) is 3.96. The first-order valence-corrected chi connectivity index (χ1v) is 6.15. The van der Waals surface area contributed by atoms with Crippen LogP contribution in [0.4, 0.5) is 0 Å². The van der Waals surface area contributed by atoms with Gasteiger partial charge in [-0.15, -0.1) is 0 Å². The van der Waals surface area contributed by atoms with E-state index in [0.717, 1.165) is 31.0 Å². The molecule has 0 amide bonds. The van der Waals surface area contributed by atoms with Crippen molar-refractivity contribution < 1.29 is 0 Å². The lowest BCUT2D eigenvalue weighted by Crippen LogP contribution is -2.14. The topological polar surface area (TPSA) is 27.8 Å². The third-order valence-corrected chi connectivity index (χ3v) is 3.01. The molecule has 0 aliphatic carbocycles. The van der Waals surface area contributed by atoms with Gasteiger partial charge in [-0.1, -0.05) is 18.5 Å². The Hall–Kier alpha value is -0.990. The van der Waals surface area contributed by atoms with E-state index in [1.807, 2.05) is 18.2 Å². The van der Waals surface area contributed by atoms with E-state index in [0.29, 0.717) is 0 Å². The molecular weight excluding hydrogens is 220 g/mol. The number of aromatic nitrogens is 1. The van der Waals surface area contributed by atoms with E-state index in [1.54, 1.807) is 0 Å². The molecule has 2 rings (SSSR count). The summed E-state index contributed by atoms with van der Waals surface area (Å²) >= 11 is 6.01. The van der Waals surface area contributed by atoms with Crippen molar-refractivity contribution in [2.45, 2.75) is 19.8 Å². The van der Waals surface area contributed by atoms with Gasteiger partial charge in [-0.25, -0.2) is 0 Å². The highest BCUT2D eigenvalue weighted by Crippen LogP contribution is 2.23. The van der Waals surface area contributed by atoms with Gasteiger partial charge in [0, 0.05) is 22.1 Å². The molecule has 0 saturated heterocycles. The fourth-order valence-electron chi connectivity index (χ4n) is 1.94. The minimum Gasteiger partial charge on any atom is -0.361 e. The first kappa shape index (κ1) is 11.5. The van der Waals surface area contributed by atoms with Crippen LogP contribution in [0, 0.1) is 0 Å². The molecule has 0 aliphatic heterocycles. The molecule has 1 heterocycles. The summed E-state index contributed by atoms with van der Waals surface area (Å²) in [5, 5.41) is 5.39. The summed E-state index contributed by atoms with van der Waals surface area (Å²) in [6.07, 6.45) is 4.34. The second kappa shape index (κ2) is 5.37. The Morgan fingerprint density at radius 1 is 1.38 bits per heavy atom. The lowest BCUT2D eigenvalue weighted by atomic mass is 10.1. The number of hydrogen-bond donors (Lipinski definition) is 2. The molecule has 0 fully saturated rings. The quantitative estimate of drug-likeness (QED) is 0.766. The largest absolute Gasteiger partial charge is 0.361 e. The molecular formula is C13H17ClN2. The van der Waals surface area contributed by atoms with Crippen LogP contribution >= 0.6 is 11.6 Å². The van der Waals surface area contributed by atoms with Gasteiger partial charge in [-0.05, 0) is 49.7 Å². The molecule has 0 radical (unpaired) electrons. The predicted octanol–water partition coefficient (Wildman–Crippen LogP) is 3.36. The molecule has 0 aliphatic rings. The van der Waals surface area contributed by atoms with Gasteiger partial charge in [0.1, 0.15) is 0 Å². The van der Waals surface area contributed by atoms with Crippen molar-refractivity contribution in [2.24, 2.45) is 0 Å². The number of benzene rings is 1. The van der Waals surface area contributed by atoms with Crippen molar-refractivity contribution in [2.75, 3.05) is 13.1 Å². The van der Waals surface area contributed by atoms with Gasteiger partial charge in [-0.2, -0.15) is 0 Å². The zero-order valence-electron chi connectivity index (χ0n) is 9.52. The Morgan fingerprint density at radius 2 is 2.25 bits per heavy atom. The average Bonchev–Trinajstić information content (AvgIpc) is 2.67. The van der Waals surface area contributed by atoms with E-state index in [2.05, 4.69) is 23.4 Å². The van der Waals surface area contributed by atoms with Crippen LogP contribution in [0.3, 0.4) is 0 Å². The van der Waals surface area contributed by atoms with Crippen molar-refractivity contribution in [1.82, 2.24) is 10.3 Å². The molecule has 2 aromatic rings. The Morgan fingerprint density at radius 3 is 3.06 bits per heavy atom. The van der Waals surface area contributed by atoms with Gasteiger partial charge < -0.3 is 10.3 Å². The molecule has 1 aromatic heterocycles. The second-order valence-corrected chi connectivity index (χ2v) is 4.40. The Labute approximate surface area is 101 Å². The average molecular weight is 237 g/mol. The summed E-state index contributed by atoms with van der Waals surface area (Å²) in [5.74, 6) is 0. The molecule has 0 spiro atoms. The third kappa shape index (κ3) is 2.57. The van der Waals surface area contributed by atoms with Crippen LogP contribution in [0.25, 0.3) is 10.9 Å². The summed E-state index contributed by atoms with van der Waals surface area (Å²) in [4.78, 5) is 3.28. The number of nitrogens with one attached hydrogen (secondary N) is 2. The van der Waals surface area contributed by atoms with E-state index in [1.165, 1.54) is 16.5 Å². The first-order chi connectivity index (χ1) is 7.81. The van der Waals surface area contributed by atoms with Crippen LogP contribution in [-0.4, -0.2) is 18.1 Å². The maximum atomic E-state index is 6.01. The highest BCUT2D eigenvalue weighted by Gasteiger charge is 2.03. The molecule has 0 saturated carbocycles. The first-order valence-electron chi connectivity index (χ1n) is 5.77. The lowest BCUT2D eigenvalue weighted by molar-refractivity contribution is 0.674. The Bertz CT molecular complexity index is 462. The smallest absolute Gasteiger partial charge is 0.0457 e. The Balaban J connectivity index is 2.09. The lowest BCUT2D eigenvalue weighted by Gasteiger charge is -2.01. The molecule has 2 nitrogen and oxygen atoms in total. The zero-order chi connectivity index (χ0) is 11.4. The summed E-state index contributed by atoms with van der Waals surface area (Å²) in [5.41, 5.74) is 2.53. The van der Waals surface area contributed by atoms with Crippen LogP contribution in [-0.2, 0) is 6.42 Å². The van der Waals surface area contributed by atoms with Gasteiger partial charge >= 0.3 is 0 Å². The number of fused-ring (bicyclic) bond motifs is 1. The van der Waals surface area contributed by atoms with Gasteiger partial charge in [0.2, 0.25) is 0 Å². The van der Waals surface area contributed by atoms with Crippen molar-refractivity contribution in [3.63, 3.8) is 0 Å². The molecule has 0 unspecified atom stereocenters. The van der Waals surface area contributed by atoms with Crippen molar-refractivity contribution in [1.29, 1.82) is 0 Å². The van der Waals surface area contributed by atoms with E-state index in [9.17, 15) is 0 Å². The van der Waals surface area contributed by atoms with Crippen LogP contribution < -0.4 is 5.32 Å². The highest BCUT2D eigenvalue weighted by molar-refractivity contribution is 6.31. The predicted molar refractivity (Wildman–Crippen MR) is 70.2 cm³/mol. The maximum absolute atomic E-state index is 6.01. The molecule has 0 bridgehead atoms. The van der Waals surface area contributed by atoms with Crippen molar-refractivity contribution >= 4 is 22.5 Å². The standard InChI is InChI=1S/C13H17ClN2/c1-2-15-7-3-4-10-9-16-13-6-5-11(14)8-12(10)13/h5-6,8-9,15-16H,2-4,7H2,1H3. The molecule has 3 heteroatoms. The van der Waals surface area contributed by atoms with E-state index >= 15 is 0 Å². The fraction of sp³-hybridized carbons (Fsp3) is 0.385. The van der Waals surface area contributed by atoms with Crippen LogP contribution in [0.2, 0.25) is 5.02 Å². The number of H-pyrrole nitrogens is 1. The molecule has 2 N–H and O–H groups in total. The monoisotopic (exact) mass is 236 g/mol. The van der Waals surface area contributed by atoms with Crippen molar-refractivity contribution in [3.8, 4) is 0 Å². The van der Waals surface area contributed by atoms with Gasteiger partial charge in [0.05, 0.1) is 0 Å². The van der Waals surface area contributed by atoms with E-state index in [-0.39, 0.29) is 0 Å². The highest BCUT2D eigenvalue weighted by atomic mass is 35.5. The van der Waals surface area contributed by atoms with Gasteiger partial charge in [-0.3, -0.25) is 0 Å². The van der Waals surface area contributed by atoms with Gasteiger partial charge in [0.25, 0.3) is 0 Å². The summed E-state index contributed by atoms with van der Waals surface area (Å²) in [6, 6.07) is 5.99. The minimum atomic E-state index is 0.806. The molecule has 86 valence electrons. The number of aromatic amines is 1. The maximum Gasteiger partial charge on any atom is 0.0457 e. The van der Waals surface area contributed by atoms with Crippen molar-refractivity contribution in [3.05, 3.63) is 35.0 Å². The fourth-order valence-corrected chi connectivity index (χ4v) is 2.11. The summed E-state index contributed by atoms with van der Waals surface area (Å²) < 4.78 is 0. The number of halogens is 1. The third-order valence-electron chi connectivity index (χ3n) is 2.78. The van der Waals surface area contributed by atoms with E-state index in [4.69, 9.17) is 11.6 Å². The summed E-state index contributed by atoms with van der Waals surface area (Å²) in [7, 11) is 0. The molecule has 0 atom stereocenters. The van der Waals surface area contributed by atoms with Crippen LogP contribution in [0.5, 0.6) is 0 Å². The zero-order valence-corrected chi connectivity index (χ0v) is 10.3. The minimum absolute atomic E-state index is 0.806.